The molecular formula is C16H24N2O2. The van der Waals surface area contributed by atoms with Crippen LogP contribution in [0.5, 0.6) is 5.75 Å². The van der Waals surface area contributed by atoms with Gasteiger partial charge in [0.2, 0.25) is 0 Å². The van der Waals surface area contributed by atoms with Crippen LogP contribution >= 0.6 is 0 Å². The molecule has 1 aliphatic heterocycles. The second kappa shape index (κ2) is 5.09. The zero-order chi connectivity index (χ0) is 15.0. The molecule has 1 fully saturated rings. The van der Waals surface area contributed by atoms with Crippen molar-refractivity contribution in [2.75, 3.05) is 20.2 Å². The van der Waals surface area contributed by atoms with Gasteiger partial charge in [0.15, 0.2) is 0 Å². The number of methoxy groups -OCH3 is 1. The SMILES string of the molecule is COc1cccc(C(=O)N2CC(C)(C)NCC2(C)C)c1. The number of carbonyl (C=O) groups excluding carboxylic acids is 1. The topological polar surface area (TPSA) is 41.6 Å². The second-order valence-corrected chi connectivity index (χ2v) is 6.67. The Morgan fingerprint density at radius 1 is 1.30 bits per heavy atom. The van der Waals surface area contributed by atoms with E-state index in [0.29, 0.717) is 17.9 Å². The number of nitrogens with one attached hydrogen (secondary N) is 1. The van der Waals surface area contributed by atoms with Gasteiger partial charge in [-0.2, -0.15) is 0 Å². The number of nitrogens with zero attached hydrogens (tertiary/aromatic N) is 1. The normalized spacial score (nSPS) is 20.6. The highest BCUT2D eigenvalue weighted by atomic mass is 16.5. The molecule has 0 unspecified atom stereocenters. The fraction of sp³-hybridized carbons (Fsp3) is 0.562. The number of hydrogen-bond acceptors (Lipinski definition) is 3. The predicted octanol–water partition coefficient (Wildman–Crippen LogP) is 2.30. The minimum absolute atomic E-state index is 0.0588. The molecule has 0 spiro atoms. The molecule has 1 aliphatic rings. The number of benzene rings is 1. The van der Waals surface area contributed by atoms with Crippen LogP contribution in [0.25, 0.3) is 0 Å². The third-order valence-corrected chi connectivity index (χ3v) is 3.85. The van der Waals surface area contributed by atoms with Gasteiger partial charge in [-0.05, 0) is 45.9 Å². The van der Waals surface area contributed by atoms with Crippen molar-refractivity contribution in [2.24, 2.45) is 0 Å². The summed E-state index contributed by atoms with van der Waals surface area (Å²) in [7, 11) is 1.61. The third kappa shape index (κ3) is 2.96. The Hall–Kier alpha value is -1.55. The van der Waals surface area contributed by atoms with E-state index in [-0.39, 0.29) is 17.0 Å². The summed E-state index contributed by atoms with van der Waals surface area (Å²) in [6, 6.07) is 7.35. The van der Waals surface area contributed by atoms with Crippen molar-refractivity contribution in [1.29, 1.82) is 0 Å². The number of rotatable bonds is 2. The van der Waals surface area contributed by atoms with Gasteiger partial charge in [0.1, 0.15) is 5.75 Å². The first-order chi connectivity index (χ1) is 9.25. The highest BCUT2D eigenvalue weighted by Gasteiger charge is 2.40. The van der Waals surface area contributed by atoms with Crippen LogP contribution in [0.4, 0.5) is 0 Å². The maximum absolute atomic E-state index is 12.8. The van der Waals surface area contributed by atoms with Crippen molar-refractivity contribution in [1.82, 2.24) is 10.2 Å². The monoisotopic (exact) mass is 276 g/mol. The van der Waals surface area contributed by atoms with Crippen LogP contribution < -0.4 is 10.1 Å². The molecule has 0 aromatic heterocycles. The summed E-state index contributed by atoms with van der Waals surface area (Å²) < 4.78 is 5.20. The van der Waals surface area contributed by atoms with Gasteiger partial charge < -0.3 is 15.0 Å². The number of ether oxygens (including phenoxy) is 1. The molecular weight excluding hydrogens is 252 g/mol. The zero-order valence-corrected chi connectivity index (χ0v) is 13.0. The fourth-order valence-electron chi connectivity index (χ4n) is 2.47. The van der Waals surface area contributed by atoms with E-state index in [1.54, 1.807) is 13.2 Å². The van der Waals surface area contributed by atoms with Crippen molar-refractivity contribution in [2.45, 2.75) is 38.8 Å². The second-order valence-electron chi connectivity index (χ2n) is 6.67. The molecule has 1 N–H and O–H groups in total. The van der Waals surface area contributed by atoms with Gasteiger partial charge in [0.25, 0.3) is 5.91 Å². The number of piperazine rings is 1. The minimum Gasteiger partial charge on any atom is -0.497 e. The summed E-state index contributed by atoms with van der Waals surface area (Å²) in [6.07, 6.45) is 0. The lowest BCUT2D eigenvalue weighted by Crippen LogP contribution is -2.67. The molecule has 20 heavy (non-hydrogen) atoms. The Balaban J connectivity index is 2.29. The van der Waals surface area contributed by atoms with E-state index in [0.717, 1.165) is 6.54 Å². The number of amides is 1. The number of carbonyl (C=O) groups is 1. The molecule has 0 aliphatic carbocycles. The molecule has 4 heteroatoms. The molecule has 1 aromatic carbocycles. The first kappa shape index (κ1) is 14.9. The van der Waals surface area contributed by atoms with Gasteiger partial charge in [-0.25, -0.2) is 0 Å². The third-order valence-electron chi connectivity index (χ3n) is 3.85. The van der Waals surface area contributed by atoms with Crippen molar-refractivity contribution in [3.05, 3.63) is 29.8 Å². The maximum atomic E-state index is 12.8. The van der Waals surface area contributed by atoms with Gasteiger partial charge in [0, 0.05) is 24.2 Å². The van der Waals surface area contributed by atoms with Crippen molar-refractivity contribution >= 4 is 5.91 Å². The van der Waals surface area contributed by atoms with E-state index in [2.05, 4.69) is 33.0 Å². The van der Waals surface area contributed by atoms with E-state index in [1.807, 2.05) is 23.1 Å². The van der Waals surface area contributed by atoms with Crippen LogP contribution in [-0.4, -0.2) is 42.1 Å². The van der Waals surface area contributed by atoms with Crippen LogP contribution in [0.2, 0.25) is 0 Å². The van der Waals surface area contributed by atoms with Gasteiger partial charge >= 0.3 is 0 Å². The predicted molar refractivity (Wildman–Crippen MR) is 80.2 cm³/mol. The molecule has 1 saturated heterocycles. The van der Waals surface area contributed by atoms with Crippen molar-refractivity contribution in [3.63, 3.8) is 0 Å². The Morgan fingerprint density at radius 3 is 2.65 bits per heavy atom. The van der Waals surface area contributed by atoms with Crippen LogP contribution in [0.15, 0.2) is 24.3 Å². The van der Waals surface area contributed by atoms with Crippen LogP contribution in [-0.2, 0) is 0 Å². The molecule has 1 aromatic rings. The molecule has 0 atom stereocenters. The van der Waals surface area contributed by atoms with E-state index in [9.17, 15) is 4.79 Å². The lowest BCUT2D eigenvalue weighted by atomic mass is 9.90. The molecule has 0 bridgehead atoms. The summed E-state index contributed by atoms with van der Waals surface area (Å²) >= 11 is 0. The van der Waals surface area contributed by atoms with E-state index < -0.39 is 0 Å². The molecule has 2 rings (SSSR count). The average Bonchev–Trinajstić information content (AvgIpc) is 2.41. The largest absolute Gasteiger partial charge is 0.497 e. The highest BCUT2D eigenvalue weighted by Crippen LogP contribution is 2.26. The first-order valence-electron chi connectivity index (χ1n) is 6.96. The zero-order valence-electron chi connectivity index (χ0n) is 13.0. The summed E-state index contributed by atoms with van der Waals surface area (Å²) in [5, 5.41) is 3.49. The quantitative estimate of drug-likeness (QED) is 0.901. The van der Waals surface area contributed by atoms with Gasteiger partial charge in [-0.15, -0.1) is 0 Å². The maximum Gasteiger partial charge on any atom is 0.254 e. The molecule has 110 valence electrons. The fourth-order valence-corrected chi connectivity index (χ4v) is 2.47. The van der Waals surface area contributed by atoms with Gasteiger partial charge in [0.05, 0.1) is 12.6 Å². The minimum atomic E-state index is -0.199. The molecule has 1 amide bonds. The van der Waals surface area contributed by atoms with Crippen LogP contribution in [0.1, 0.15) is 38.1 Å². The molecule has 0 radical (unpaired) electrons. The molecule has 4 nitrogen and oxygen atoms in total. The Bertz CT molecular complexity index is 509. The van der Waals surface area contributed by atoms with E-state index in [1.165, 1.54) is 0 Å². The Kier molecular flexibility index (Phi) is 3.78. The summed E-state index contributed by atoms with van der Waals surface area (Å²) in [5.41, 5.74) is 0.412. The smallest absolute Gasteiger partial charge is 0.254 e. The molecule has 1 heterocycles. The summed E-state index contributed by atoms with van der Waals surface area (Å²) in [6.45, 7) is 9.90. The summed E-state index contributed by atoms with van der Waals surface area (Å²) in [5.74, 6) is 0.770. The average molecular weight is 276 g/mol. The van der Waals surface area contributed by atoms with E-state index >= 15 is 0 Å². The van der Waals surface area contributed by atoms with Gasteiger partial charge in [-0.1, -0.05) is 6.07 Å². The Morgan fingerprint density at radius 2 is 2.00 bits per heavy atom. The highest BCUT2D eigenvalue weighted by molar-refractivity contribution is 5.95. The number of hydrogen-bond donors (Lipinski definition) is 1. The molecule has 0 saturated carbocycles. The van der Waals surface area contributed by atoms with Crippen LogP contribution in [0, 0.1) is 0 Å². The Labute approximate surface area is 121 Å². The van der Waals surface area contributed by atoms with Crippen molar-refractivity contribution in [3.8, 4) is 5.75 Å². The lowest BCUT2D eigenvalue weighted by Gasteiger charge is -2.49. The van der Waals surface area contributed by atoms with E-state index in [4.69, 9.17) is 4.74 Å². The summed E-state index contributed by atoms with van der Waals surface area (Å²) in [4.78, 5) is 14.8. The van der Waals surface area contributed by atoms with Gasteiger partial charge in [-0.3, -0.25) is 4.79 Å². The lowest BCUT2D eigenvalue weighted by molar-refractivity contribution is 0.0281. The van der Waals surface area contributed by atoms with Crippen molar-refractivity contribution < 1.29 is 9.53 Å². The van der Waals surface area contributed by atoms with Crippen LogP contribution in [0.3, 0.4) is 0 Å². The first-order valence-corrected chi connectivity index (χ1v) is 6.96. The standard InChI is InChI=1S/C16H24N2O2/c1-15(2)11-18(16(3,4)10-17-15)14(19)12-7-6-8-13(9-12)20-5/h6-9,17H,10-11H2,1-5H3.